The standard InChI is InChI=1S/C16H18N2O4S2/c1-10(2)11-3-5-12(6-4-11)13-9-14(13)17-24(21,22)16-8-7-15(23-16)18(19)20/h3-8,10,13-14,17H,9H2,1-2H3/t13-,14+/m0/s1. The molecule has 0 unspecified atom stereocenters. The van der Waals surface area contributed by atoms with Crippen molar-refractivity contribution in [1.82, 2.24) is 4.72 Å². The van der Waals surface area contributed by atoms with Gasteiger partial charge in [-0.2, -0.15) is 0 Å². The predicted molar refractivity (Wildman–Crippen MR) is 93.0 cm³/mol. The van der Waals surface area contributed by atoms with Crippen LogP contribution in [0.15, 0.2) is 40.6 Å². The number of nitrogens with one attached hydrogen (secondary N) is 1. The number of sulfonamides is 1. The molecular weight excluding hydrogens is 348 g/mol. The van der Waals surface area contributed by atoms with Gasteiger partial charge in [0.25, 0.3) is 10.0 Å². The molecule has 0 amide bonds. The topological polar surface area (TPSA) is 89.3 Å². The second-order valence-electron chi connectivity index (χ2n) is 6.24. The maximum Gasteiger partial charge on any atom is 0.325 e. The third-order valence-electron chi connectivity index (χ3n) is 4.14. The second-order valence-corrected chi connectivity index (χ2v) is 9.24. The zero-order chi connectivity index (χ0) is 17.5. The number of rotatable bonds is 6. The summed E-state index contributed by atoms with van der Waals surface area (Å²) in [6.07, 6.45) is 0.744. The van der Waals surface area contributed by atoms with Gasteiger partial charge in [0.2, 0.25) is 0 Å². The van der Waals surface area contributed by atoms with Crippen LogP contribution in [0.2, 0.25) is 0 Å². The molecule has 0 saturated heterocycles. The molecule has 1 aliphatic rings. The lowest BCUT2D eigenvalue weighted by Gasteiger charge is -2.07. The van der Waals surface area contributed by atoms with Gasteiger partial charge in [0.15, 0.2) is 0 Å². The first-order chi connectivity index (χ1) is 11.3. The molecule has 1 aliphatic carbocycles. The normalized spacial score (nSPS) is 20.3. The molecule has 0 aliphatic heterocycles. The second kappa shape index (κ2) is 6.27. The van der Waals surface area contributed by atoms with E-state index >= 15 is 0 Å². The molecule has 3 rings (SSSR count). The van der Waals surface area contributed by atoms with Crippen LogP contribution in [0.4, 0.5) is 5.00 Å². The number of hydrogen-bond acceptors (Lipinski definition) is 5. The lowest BCUT2D eigenvalue weighted by molar-refractivity contribution is -0.380. The van der Waals surface area contributed by atoms with Crippen LogP contribution in [-0.2, 0) is 10.0 Å². The number of benzene rings is 1. The minimum Gasteiger partial charge on any atom is -0.258 e. The van der Waals surface area contributed by atoms with E-state index in [4.69, 9.17) is 0 Å². The minimum atomic E-state index is -3.71. The van der Waals surface area contributed by atoms with Crippen molar-refractivity contribution in [2.45, 2.75) is 42.4 Å². The Hall–Kier alpha value is -1.77. The molecule has 2 atom stereocenters. The molecule has 0 spiro atoms. The average molecular weight is 366 g/mol. The van der Waals surface area contributed by atoms with E-state index in [1.807, 2.05) is 12.1 Å². The van der Waals surface area contributed by atoms with Gasteiger partial charge in [0, 0.05) is 18.0 Å². The molecule has 6 nitrogen and oxygen atoms in total. The molecule has 1 aromatic heterocycles. The summed E-state index contributed by atoms with van der Waals surface area (Å²) >= 11 is 0.670. The highest BCUT2D eigenvalue weighted by atomic mass is 32.2. The van der Waals surface area contributed by atoms with E-state index in [1.54, 1.807) is 0 Å². The Kier molecular flexibility index (Phi) is 4.46. The molecule has 1 N–H and O–H groups in total. The van der Waals surface area contributed by atoms with Crippen molar-refractivity contribution in [3.63, 3.8) is 0 Å². The first kappa shape index (κ1) is 17.1. The molecule has 24 heavy (non-hydrogen) atoms. The Morgan fingerprint density at radius 1 is 1.21 bits per heavy atom. The van der Waals surface area contributed by atoms with Crippen molar-refractivity contribution in [1.29, 1.82) is 0 Å². The fourth-order valence-corrected chi connectivity index (χ4v) is 5.05. The van der Waals surface area contributed by atoms with Crippen molar-refractivity contribution in [2.75, 3.05) is 0 Å². The number of hydrogen-bond donors (Lipinski definition) is 1. The lowest BCUT2D eigenvalue weighted by atomic mass is 10.0. The molecule has 1 fully saturated rings. The molecule has 0 radical (unpaired) electrons. The van der Waals surface area contributed by atoms with Crippen LogP contribution >= 0.6 is 11.3 Å². The lowest BCUT2D eigenvalue weighted by Crippen LogP contribution is -2.26. The molecule has 1 saturated carbocycles. The summed E-state index contributed by atoms with van der Waals surface area (Å²) < 4.78 is 27.3. The zero-order valence-corrected chi connectivity index (χ0v) is 14.9. The van der Waals surface area contributed by atoms with Gasteiger partial charge in [-0.1, -0.05) is 38.1 Å². The molecule has 1 heterocycles. The summed E-state index contributed by atoms with van der Waals surface area (Å²) in [5, 5.41) is 10.5. The van der Waals surface area contributed by atoms with Crippen molar-refractivity contribution in [2.24, 2.45) is 0 Å². The van der Waals surface area contributed by atoms with E-state index in [0.29, 0.717) is 17.3 Å². The summed E-state index contributed by atoms with van der Waals surface area (Å²) in [5.41, 5.74) is 2.37. The summed E-state index contributed by atoms with van der Waals surface area (Å²) in [7, 11) is -3.71. The fraction of sp³-hybridized carbons (Fsp3) is 0.375. The quantitative estimate of drug-likeness (QED) is 0.625. The van der Waals surface area contributed by atoms with Crippen LogP contribution in [0.5, 0.6) is 0 Å². The van der Waals surface area contributed by atoms with Crippen LogP contribution in [0.3, 0.4) is 0 Å². The van der Waals surface area contributed by atoms with Crippen LogP contribution in [-0.4, -0.2) is 19.4 Å². The van der Waals surface area contributed by atoms with E-state index < -0.39 is 14.9 Å². The summed E-state index contributed by atoms with van der Waals surface area (Å²) in [6, 6.07) is 10.6. The Morgan fingerprint density at radius 3 is 2.42 bits per heavy atom. The molecule has 1 aromatic carbocycles. The van der Waals surface area contributed by atoms with Gasteiger partial charge in [-0.15, -0.1) is 0 Å². The first-order valence-corrected chi connectivity index (χ1v) is 9.94. The smallest absolute Gasteiger partial charge is 0.258 e. The third kappa shape index (κ3) is 3.50. The first-order valence-electron chi connectivity index (χ1n) is 7.64. The maximum atomic E-state index is 12.3. The van der Waals surface area contributed by atoms with Gasteiger partial charge < -0.3 is 0 Å². The molecular formula is C16H18N2O4S2. The minimum absolute atomic E-state index is 0.0185. The Bertz CT molecular complexity index is 856. The Morgan fingerprint density at radius 2 is 1.88 bits per heavy atom. The number of thiophene rings is 1. The van der Waals surface area contributed by atoms with Crippen molar-refractivity contribution in [3.05, 3.63) is 57.6 Å². The molecule has 2 aromatic rings. The van der Waals surface area contributed by atoms with Crippen LogP contribution in [0.25, 0.3) is 0 Å². The van der Waals surface area contributed by atoms with Gasteiger partial charge in [0.05, 0.1) is 4.92 Å². The van der Waals surface area contributed by atoms with Gasteiger partial charge in [-0.3, -0.25) is 10.1 Å². The fourth-order valence-electron chi connectivity index (χ4n) is 2.63. The summed E-state index contributed by atoms with van der Waals surface area (Å²) in [6.45, 7) is 4.26. The van der Waals surface area contributed by atoms with Crippen molar-refractivity contribution < 1.29 is 13.3 Å². The van der Waals surface area contributed by atoms with E-state index in [9.17, 15) is 18.5 Å². The number of nitrogens with zero attached hydrogens (tertiary/aromatic N) is 1. The Balaban J connectivity index is 1.67. The molecule has 0 bridgehead atoms. The summed E-state index contributed by atoms with van der Waals surface area (Å²) in [4.78, 5) is 10.1. The molecule has 128 valence electrons. The highest BCUT2D eigenvalue weighted by Crippen LogP contribution is 2.42. The third-order valence-corrected chi connectivity index (χ3v) is 7.16. The van der Waals surface area contributed by atoms with Crippen LogP contribution in [0.1, 0.15) is 43.2 Å². The monoisotopic (exact) mass is 366 g/mol. The van der Waals surface area contributed by atoms with E-state index in [0.717, 1.165) is 12.0 Å². The van der Waals surface area contributed by atoms with Gasteiger partial charge >= 0.3 is 5.00 Å². The predicted octanol–water partition coefficient (Wildman–Crippen LogP) is 3.61. The average Bonchev–Trinajstić information content (AvgIpc) is 3.08. The van der Waals surface area contributed by atoms with Crippen LogP contribution in [0, 0.1) is 10.1 Å². The Labute approximate surface area is 144 Å². The highest BCUT2D eigenvalue weighted by molar-refractivity contribution is 7.91. The van der Waals surface area contributed by atoms with Gasteiger partial charge in [-0.25, -0.2) is 13.1 Å². The maximum absolute atomic E-state index is 12.3. The SMILES string of the molecule is CC(C)c1ccc([C@@H]2C[C@H]2NS(=O)(=O)c2ccc([N+](=O)[O-])s2)cc1. The van der Waals surface area contributed by atoms with E-state index in [1.165, 1.54) is 17.7 Å². The van der Waals surface area contributed by atoms with Crippen LogP contribution < -0.4 is 4.72 Å². The van der Waals surface area contributed by atoms with Crippen molar-refractivity contribution in [3.8, 4) is 0 Å². The number of nitro groups is 1. The van der Waals surface area contributed by atoms with Crippen molar-refractivity contribution >= 4 is 26.4 Å². The largest absolute Gasteiger partial charge is 0.325 e. The summed E-state index contributed by atoms with van der Waals surface area (Å²) in [5.74, 6) is 0.623. The van der Waals surface area contributed by atoms with Gasteiger partial charge in [0.1, 0.15) is 4.21 Å². The van der Waals surface area contributed by atoms with Gasteiger partial charge in [-0.05, 0) is 40.9 Å². The molecule has 8 heteroatoms. The van der Waals surface area contributed by atoms with E-state index in [2.05, 4.69) is 30.7 Å². The highest BCUT2D eigenvalue weighted by Gasteiger charge is 2.41. The zero-order valence-electron chi connectivity index (χ0n) is 13.3. The van der Waals surface area contributed by atoms with E-state index in [-0.39, 0.29) is 21.2 Å².